The van der Waals surface area contributed by atoms with Crippen molar-refractivity contribution in [2.24, 2.45) is 0 Å². The fraction of sp³-hybridized carbons (Fsp3) is 0.0541. The van der Waals surface area contributed by atoms with Crippen LogP contribution >= 0.6 is 23.2 Å². The average Bonchev–Trinajstić information content (AvgIpc) is 3.57. The summed E-state index contributed by atoms with van der Waals surface area (Å²) in [4.78, 5) is 27.9. The molecule has 5 aromatic carbocycles. The van der Waals surface area contributed by atoms with Crippen LogP contribution < -0.4 is 5.32 Å². The maximum atomic E-state index is 14.6. The van der Waals surface area contributed by atoms with Gasteiger partial charge in [0.15, 0.2) is 5.78 Å². The van der Waals surface area contributed by atoms with E-state index in [-0.39, 0.29) is 23.1 Å². The Balaban J connectivity index is 1.52. The van der Waals surface area contributed by atoms with Crippen LogP contribution in [0.25, 0.3) is 0 Å². The summed E-state index contributed by atoms with van der Waals surface area (Å²) in [5, 5.41) is 11.0. The molecule has 0 aliphatic rings. The van der Waals surface area contributed by atoms with Gasteiger partial charge in [-0.25, -0.2) is 0 Å². The number of hydrogen-bond acceptors (Lipinski definition) is 3. The van der Waals surface area contributed by atoms with E-state index in [1.54, 1.807) is 42.6 Å². The van der Waals surface area contributed by atoms with Gasteiger partial charge in [0.05, 0.1) is 22.4 Å². The van der Waals surface area contributed by atoms with Crippen molar-refractivity contribution in [1.29, 1.82) is 0 Å². The van der Waals surface area contributed by atoms with Gasteiger partial charge in [-0.2, -0.15) is 5.10 Å². The number of alkyl halides is 1. The zero-order valence-corrected chi connectivity index (χ0v) is 25.0. The molecular formula is C37H27Cl2N3O2. The zero-order chi connectivity index (χ0) is 30.5. The van der Waals surface area contributed by atoms with Gasteiger partial charge in [0.2, 0.25) is 0 Å². The minimum Gasteiger partial charge on any atom is -0.321 e. The number of hydrogen-bond donors (Lipinski definition) is 2. The van der Waals surface area contributed by atoms with E-state index in [0.29, 0.717) is 27.5 Å². The number of nitrogens with zero attached hydrogens (tertiary/aromatic N) is 1. The molecule has 2 N–H and O–H groups in total. The summed E-state index contributed by atoms with van der Waals surface area (Å²) in [6, 6.07) is 41.9. The number of aromatic amines is 1. The number of benzene rings is 5. The minimum atomic E-state index is -0.946. The number of rotatable bonds is 9. The van der Waals surface area contributed by atoms with Crippen LogP contribution in [-0.2, 0) is 11.3 Å². The molecule has 0 atom stereocenters. The van der Waals surface area contributed by atoms with Crippen molar-refractivity contribution in [3.05, 3.63) is 189 Å². The third-order valence-corrected chi connectivity index (χ3v) is 8.22. The number of ketones is 1. The number of nitrogens with one attached hydrogen (secondary N) is 2. The quantitative estimate of drug-likeness (QED) is 0.0970. The van der Waals surface area contributed by atoms with Gasteiger partial charge in [-0.3, -0.25) is 14.7 Å². The van der Waals surface area contributed by atoms with Crippen molar-refractivity contribution in [2.75, 3.05) is 5.32 Å². The first kappa shape index (κ1) is 29.1. The van der Waals surface area contributed by atoms with Crippen molar-refractivity contribution in [3.63, 3.8) is 0 Å². The number of carbonyl (C=O) groups excluding carboxylic acids is 2. The third kappa shape index (κ3) is 5.44. The molecule has 6 aromatic rings. The number of anilines is 1. The summed E-state index contributed by atoms with van der Waals surface area (Å²) >= 11 is 12.4. The number of carbonyl (C=O) groups is 2. The first-order valence-corrected chi connectivity index (χ1v) is 14.9. The highest BCUT2D eigenvalue weighted by Crippen LogP contribution is 2.46. The zero-order valence-electron chi connectivity index (χ0n) is 23.5. The van der Waals surface area contributed by atoms with Crippen LogP contribution in [0.2, 0.25) is 5.02 Å². The van der Waals surface area contributed by atoms with Crippen LogP contribution in [0.5, 0.6) is 0 Å². The van der Waals surface area contributed by atoms with Crippen molar-refractivity contribution >= 4 is 40.6 Å². The van der Waals surface area contributed by atoms with E-state index in [1.807, 2.05) is 97.1 Å². The lowest BCUT2D eigenvalue weighted by Crippen LogP contribution is -2.33. The van der Waals surface area contributed by atoms with Crippen molar-refractivity contribution in [3.8, 4) is 0 Å². The summed E-state index contributed by atoms with van der Waals surface area (Å²) in [6.45, 7) is 0. The highest BCUT2D eigenvalue weighted by atomic mass is 35.5. The van der Waals surface area contributed by atoms with Crippen LogP contribution in [0, 0.1) is 0 Å². The Morgan fingerprint density at radius 2 is 1.30 bits per heavy atom. The lowest BCUT2D eigenvalue weighted by atomic mass is 9.66. The van der Waals surface area contributed by atoms with E-state index < -0.39 is 5.41 Å². The van der Waals surface area contributed by atoms with Crippen molar-refractivity contribution in [1.82, 2.24) is 10.2 Å². The van der Waals surface area contributed by atoms with Crippen molar-refractivity contribution in [2.45, 2.75) is 11.3 Å². The van der Waals surface area contributed by atoms with Crippen LogP contribution in [-0.4, -0.2) is 21.9 Å². The number of H-pyrrole nitrogens is 1. The molecule has 6 rings (SSSR count). The predicted octanol–water partition coefficient (Wildman–Crippen LogP) is 8.67. The summed E-state index contributed by atoms with van der Waals surface area (Å²) in [5.74, 6) is -0.428. The monoisotopic (exact) mass is 615 g/mol. The Bertz CT molecular complexity index is 1830. The van der Waals surface area contributed by atoms with Crippen LogP contribution in [0.4, 0.5) is 5.69 Å². The number of aromatic nitrogens is 2. The summed E-state index contributed by atoms with van der Waals surface area (Å²) in [5.41, 5.74) is 4.57. The molecule has 1 amide bonds. The molecule has 216 valence electrons. The molecule has 1 heterocycles. The molecule has 0 aliphatic carbocycles. The maximum absolute atomic E-state index is 14.6. The Kier molecular flexibility index (Phi) is 8.42. The topological polar surface area (TPSA) is 74.8 Å². The first-order chi connectivity index (χ1) is 21.5. The van der Waals surface area contributed by atoms with Crippen LogP contribution in [0.1, 0.15) is 54.2 Å². The van der Waals surface area contributed by atoms with E-state index in [9.17, 15) is 9.59 Å². The Labute approximate surface area is 265 Å². The second kappa shape index (κ2) is 12.7. The van der Waals surface area contributed by atoms with E-state index in [1.165, 1.54) is 0 Å². The van der Waals surface area contributed by atoms with Gasteiger partial charge in [-0.05, 0) is 52.6 Å². The third-order valence-electron chi connectivity index (χ3n) is 7.68. The van der Waals surface area contributed by atoms with Gasteiger partial charge < -0.3 is 5.32 Å². The second-order valence-corrected chi connectivity index (χ2v) is 11.0. The number of amides is 1. The van der Waals surface area contributed by atoms with E-state index in [2.05, 4.69) is 10.4 Å². The van der Waals surface area contributed by atoms with Gasteiger partial charge in [0, 0.05) is 28.2 Å². The molecule has 0 saturated carbocycles. The smallest absolute Gasteiger partial charge is 0.255 e. The first-order valence-electron chi connectivity index (χ1n) is 14.0. The molecule has 0 bridgehead atoms. The Morgan fingerprint density at radius 3 is 1.86 bits per heavy atom. The minimum absolute atomic E-state index is 0.241. The summed E-state index contributed by atoms with van der Waals surface area (Å²) in [6.07, 6.45) is 1.61. The largest absolute Gasteiger partial charge is 0.321 e. The predicted molar refractivity (Wildman–Crippen MR) is 176 cm³/mol. The Hall–Kier alpha value is -4.97. The van der Waals surface area contributed by atoms with E-state index in [4.69, 9.17) is 28.3 Å². The highest BCUT2D eigenvalue weighted by Gasteiger charge is 2.43. The molecule has 7 heteroatoms. The lowest BCUT2D eigenvalue weighted by molar-refractivity contribution is 0.102. The van der Waals surface area contributed by atoms with Gasteiger partial charge in [0.25, 0.3) is 5.91 Å². The molecule has 0 unspecified atom stereocenters. The van der Waals surface area contributed by atoms with Crippen molar-refractivity contribution < 1.29 is 9.59 Å². The fourth-order valence-corrected chi connectivity index (χ4v) is 6.01. The van der Waals surface area contributed by atoms with E-state index >= 15 is 0 Å². The summed E-state index contributed by atoms with van der Waals surface area (Å²) in [7, 11) is 0. The molecule has 0 radical (unpaired) electrons. The highest BCUT2D eigenvalue weighted by molar-refractivity contribution is 6.31. The van der Waals surface area contributed by atoms with E-state index in [0.717, 1.165) is 22.3 Å². The maximum Gasteiger partial charge on any atom is 0.255 e. The molecule has 0 fully saturated rings. The van der Waals surface area contributed by atoms with Crippen LogP contribution in [0.3, 0.4) is 0 Å². The lowest BCUT2D eigenvalue weighted by Gasteiger charge is -2.35. The molecule has 1 aromatic heterocycles. The fourth-order valence-electron chi connectivity index (χ4n) is 5.67. The van der Waals surface area contributed by atoms with Gasteiger partial charge in [0.1, 0.15) is 0 Å². The molecular weight excluding hydrogens is 589 g/mol. The second-order valence-electron chi connectivity index (χ2n) is 10.3. The van der Waals surface area contributed by atoms with Gasteiger partial charge in [-0.1, -0.05) is 115 Å². The normalized spacial score (nSPS) is 11.2. The Morgan fingerprint density at radius 1 is 0.705 bits per heavy atom. The van der Waals surface area contributed by atoms with Crippen LogP contribution in [0.15, 0.2) is 140 Å². The molecule has 0 spiro atoms. The summed E-state index contributed by atoms with van der Waals surface area (Å²) < 4.78 is 0. The SMILES string of the molecule is O=C(Nc1ccc(Cl)cc1C(=O)c1c[nH]nc1C(c1ccccc1)(c1ccccc1)c1ccccc1)c1cccc(CCl)c1. The molecule has 0 saturated heterocycles. The standard InChI is InChI=1S/C37H27Cl2N3O2/c38-23-25-11-10-12-26(21-25)36(44)41-33-20-19-30(39)22-31(33)34(43)32-24-40-42-35(32)37(27-13-4-1-5-14-27,28-15-6-2-7-16-28)29-17-8-3-9-18-29/h1-22,24H,23H2,(H,40,42)(H,41,44). The number of halogens is 2. The molecule has 44 heavy (non-hydrogen) atoms. The average molecular weight is 617 g/mol. The van der Waals surface area contributed by atoms with Gasteiger partial charge in [-0.15, -0.1) is 11.6 Å². The van der Waals surface area contributed by atoms with Gasteiger partial charge >= 0.3 is 0 Å². The molecule has 5 nitrogen and oxygen atoms in total. The molecule has 0 aliphatic heterocycles.